The Morgan fingerprint density at radius 2 is 1.82 bits per heavy atom. The Balaban J connectivity index is 0.00000112. The Morgan fingerprint density at radius 1 is 1.15 bits per heavy atom. The first-order valence-electron chi connectivity index (χ1n) is 13.5. The number of hydrogen-bond acceptors (Lipinski definition) is 6. The van der Waals surface area contributed by atoms with Gasteiger partial charge in [-0.25, -0.2) is 4.68 Å². The molecular weight excluding hydrogens is 512 g/mol. The average Bonchev–Trinajstić information content (AvgIpc) is 3.49. The molecule has 2 aromatic carbocycles. The smallest absolute Gasteiger partial charge is 0.269 e. The molecule has 39 heavy (non-hydrogen) atoms. The second kappa shape index (κ2) is 12.2. The van der Waals surface area contributed by atoms with Crippen molar-refractivity contribution < 1.29 is 14.2 Å². The number of aromatic nitrogens is 2. The Labute approximate surface area is 232 Å². The van der Waals surface area contributed by atoms with Crippen molar-refractivity contribution in [3.8, 4) is 0 Å². The van der Waals surface area contributed by atoms with Gasteiger partial charge in [0.05, 0.1) is 33.2 Å². The van der Waals surface area contributed by atoms with Gasteiger partial charge in [0, 0.05) is 40.5 Å². The van der Waals surface area contributed by atoms with E-state index in [1.165, 1.54) is 11.1 Å². The van der Waals surface area contributed by atoms with Crippen LogP contribution in [-0.2, 0) is 29.2 Å². The van der Waals surface area contributed by atoms with Gasteiger partial charge in [0.2, 0.25) is 0 Å². The van der Waals surface area contributed by atoms with E-state index in [-0.39, 0.29) is 16.1 Å². The molecule has 9 heteroatoms. The zero-order chi connectivity index (χ0) is 28.2. The lowest BCUT2D eigenvalue weighted by molar-refractivity contribution is -0.384. The van der Waals surface area contributed by atoms with Gasteiger partial charge in [-0.05, 0) is 94.5 Å². The third-order valence-electron chi connectivity index (χ3n) is 7.44. The highest BCUT2D eigenvalue weighted by atomic mass is 32.2. The van der Waals surface area contributed by atoms with Gasteiger partial charge in [0.25, 0.3) is 5.69 Å². The summed E-state index contributed by atoms with van der Waals surface area (Å²) in [4.78, 5) is 11.5. The summed E-state index contributed by atoms with van der Waals surface area (Å²) in [6.07, 6.45) is 7.05. The number of benzene rings is 2. The summed E-state index contributed by atoms with van der Waals surface area (Å²) in [5, 5.41) is 26.9. The number of anilines is 2. The van der Waals surface area contributed by atoms with Gasteiger partial charge in [0.15, 0.2) is 0 Å². The molecule has 0 radical (unpaired) electrons. The SMILES string of the molecule is C=CO.CC(C)(C)n1nc(C2CCC(Cc3ccc([N+](=O)[O-])cc3)CC2)cc1Nc1ccc2c(c1)CCS2=O. The molecule has 2 aliphatic rings. The number of non-ortho nitro benzene ring substituents is 1. The maximum absolute atomic E-state index is 12.1. The Kier molecular flexibility index (Phi) is 8.90. The Bertz CT molecular complexity index is 1340. The first-order valence-corrected chi connectivity index (χ1v) is 14.8. The first kappa shape index (κ1) is 28.5. The van der Waals surface area contributed by atoms with Crippen LogP contribution in [-0.4, -0.2) is 29.8 Å². The molecule has 1 aliphatic carbocycles. The second-order valence-corrected chi connectivity index (χ2v) is 12.9. The standard InChI is InChI=1S/C28H34N4O3S.C2H4O/c1-28(2,3)31-27(29-23-10-13-26-22(17-23)14-15-36(26)35)18-25(30-31)21-8-4-19(5-9-21)16-20-6-11-24(12-7-20)32(33)34;1-2-3/h6-7,10-13,17-19,21,29H,4-5,8-9,14-16H2,1-3H3;2-3H,1H2. The lowest BCUT2D eigenvalue weighted by Crippen LogP contribution is -2.25. The van der Waals surface area contributed by atoms with Gasteiger partial charge in [-0.15, -0.1) is 0 Å². The molecule has 2 N–H and O–H groups in total. The zero-order valence-electron chi connectivity index (χ0n) is 22.9. The number of nitro benzene ring substituents is 1. The van der Waals surface area contributed by atoms with Crippen LogP contribution >= 0.6 is 0 Å². The average molecular weight is 551 g/mol. The van der Waals surface area contributed by atoms with Crippen LogP contribution in [0.2, 0.25) is 0 Å². The van der Waals surface area contributed by atoms with Crippen molar-refractivity contribution in [3.63, 3.8) is 0 Å². The number of nitro groups is 1. The predicted octanol–water partition coefficient (Wildman–Crippen LogP) is 7.16. The Morgan fingerprint density at radius 3 is 2.44 bits per heavy atom. The summed E-state index contributed by atoms with van der Waals surface area (Å²) >= 11 is 0. The van der Waals surface area contributed by atoms with Crippen LogP contribution in [0.5, 0.6) is 0 Å². The van der Waals surface area contributed by atoms with Gasteiger partial charge in [-0.3, -0.25) is 14.3 Å². The Hall–Kier alpha value is -3.46. The van der Waals surface area contributed by atoms with Crippen LogP contribution in [0.15, 0.2) is 66.3 Å². The van der Waals surface area contributed by atoms with Crippen molar-refractivity contribution in [2.75, 3.05) is 11.1 Å². The maximum Gasteiger partial charge on any atom is 0.269 e. The molecule has 0 spiro atoms. The third-order valence-corrected chi connectivity index (χ3v) is 8.90. The van der Waals surface area contributed by atoms with Gasteiger partial charge in [0.1, 0.15) is 5.82 Å². The normalized spacial score (nSPS) is 20.4. The largest absolute Gasteiger partial charge is 0.516 e. The lowest BCUT2D eigenvalue weighted by Gasteiger charge is -2.28. The number of nitrogens with one attached hydrogen (secondary N) is 1. The molecule has 0 bridgehead atoms. The van der Waals surface area contributed by atoms with Gasteiger partial charge < -0.3 is 10.4 Å². The number of hydrogen-bond donors (Lipinski definition) is 2. The summed E-state index contributed by atoms with van der Waals surface area (Å²) in [6.45, 7) is 9.42. The number of nitrogens with zero attached hydrogens (tertiary/aromatic N) is 3. The van der Waals surface area contributed by atoms with Gasteiger partial charge >= 0.3 is 0 Å². The van der Waals surface area contributed by atoms with E-state index in [0.29, 0.717) is 11.8 Å². The molecule has 1 saturated carbocycles. The molecule has 1 aromatic heterocycles. The second-order valence-electron chi connectivity index (χ2n) is 11.3. The zero-order valence-corrected chi connectivity index (χ0v) is 23.7. The number of fused-ring (bicyclic) bond motifs is 1. The fraction of sp³-hybridized carbons (Fsp3) is 0.433. The van der Waals surface area contributed by atoms with Crippen molar-refractivity contribution in [2.24, 2.45) is 5.92 Å². The van der Waals surface area contributed by atoms with Crippen molar-refractivity contribution in [1.29, 1.82) is 0 Å². The van der Waals surface area contributed by atoms with E-state index in [2.05, 4.69) is 49.5 Å². The summed E-state index contributed by atoms with van der Waals surface area (Å²) in [7, 11) is -0.862. The van der Waals surface area contributed by atoms with Crippen molar-refractivity contribution >= 4 is 28.0 Å². The van der Waals surface area contributed by atoms with E-state index in [1.54, 1.807) is 12.1 Å². The van der Waals surface area contributed by atoms with Gasteiger partial charge in [-0.1, -0.05) is 18.7 Å². The molecule has 5 rings (SSSR count). The van der Waals surface area contributed by atoms with Gasteiger partial charge in [-0.2, -0.15) is 5.10 Å². The minimum atomic E-state index is -0.862. The summed E-state index contributed by atoms with van der Waals surface area (Å²) in [6, 6.07) is 15.3. The molecule has 1 unspecified atom stereocenters. The predicted molar refractivity (Wildman–Crippen MR) is 156 cm³/mol. The summed E-state index contributed by atoms with van der Waals surface area (Å²) < 4.78 is 14.2. The third kappa shape index (κ3) is 6.95. The van der Waals surface area contributed by atoms with Crippen LogP contribution in [0.3, 0.4) is 0 Å². The minimum absolute atomic E-state index is 0.149. The molecule has 1 fully saturated rings. The number of aliphatic hydroxyl groups excluding tert-OH is 1. The van der Waals surface area contributed by atoms with E-state index in [9.17, 15) is 14.3 Å². The van der Waals surface area contributed by atoms with Crippen LogP contribution < -0.4 is 5.32 Å². The van der Waals surface area contributed by atoms with E-state index < -0.39 is 10.8 Å². The fourth-order valence-corrected chi connectivity index (χ4v) is 6.78. The lowest BCUT2D eigenvalue weighted by atomic mass is 9.78. The monoisotopic (exact) mass is 550 g/mol. The van der Waals surface area contributed by atoms with E-state index in [4.69, 9.17) is 10.2 Å². The molecule has 2 heterocycles. The van der Waals surface area contributed by atoms with E-state index in [0.717, 1.165) is 72.6 Å². The number of rotatable bonds is 6. The van der Waals surface area contributed by atoms with Crippen LogP contribution in [0.1, 0.15) is 69.2 Å². The summed E-state index contributed by atoms with van der Waals surface area (Å²) in [5.41, 5.74) is 4.49. The van der Waals surface area contributed by atoms with Crippen molar-refractivity contribution in [2.45, 2.75) is 75.6 Å². The topological polar surface area (TPSA) is 110 Å². The maximum atomic E-state index is 12.1. The first-order chi connectivity index (χ1) is 18.6. The molecule has 8 nitrogen and oxygen atoms in total. The minimum Gasteiger partial charge on any atom is -0.516 e. The highest BCUT2D eigenvalue weighted by Gasteiger charge is 2.28. The highest BCUT2D eigenvalue weighted by Crippen LogP contribution is 2.39. The number of aryl methyl sites for hydroxylation is 1. The van der Waals surface area contributed by atoms with Crippen LogP contribution in [0.25, 0.3) is 0 Å². The number of aliphatic hydroxyl groups is 1. The molecule has 208 valence electrons. The van der Waals surface area contributed by atoms with E-state index >= 15 is 0 Å². The van der Waals surface area contributed by atoms with Crippen LogP contribution in [0.4, 0.5) is 17.2 Å². The quantitative estimate of drug-likeness (QED) is 0.191. The van der Waals surface area contributed by atoms with Crippen molar-refractivity contribution in [3.05, 3.63) is 88.3 Å². The van der Waals surface area contributed by atoms with Crippen molar-refractivity contribution in [1.82, 2.24) is 9.78 Å². The van der Waals surface area contributed by atoms with Crippen LogP contribution in [0, 0.1) is 16.0 Å². The molecule has 1 aliphatic heterocycles. The summed E-state index contributed by atoms with van der Waals surface area (Å²) in [5.74, 6) is 2.74. The molecule has 0 saturated heterocycles. The van der Waals surface area contributed by atoms with E-state index in [1.807, 2.05) is 24.3 Å². The molecule has 3 aromatic rings. The highest BCUT2D eigenvalue weighted by molar-refractivity contribution is 7.85. The molecule has 0 amide bonds. The molecular formula is C30H38N4O4S. The fourth-order valence-electron chi connectivity index (χ4n) is 5.48. The molecule has 1 atom stereocenters.